The van der Waals surface area contributed by atoms with Crippen molar-refractivity contribution >= 4 is 109 Å². The van der Waals surface area contributed by atoms with Crippen LogP contribution in [0.15, 0.2) is 223 Å². The smallest absolute Gasteiger partial charge is 0.160 e. The van der Waals surface area contributed by atoms with Gasteiger partial charge in [-0.05, 0) is 100 Å². The van der Waals surface area contributed by atoms with Gasteiger partial charge in [-0.3, -0.25) is 0 Å². The van der Waals surface area contributed by atoms with Gasteiger partial charge < -0.3 is 14.2 Å². The molecule has 0 aliphatic heterocycles. The number of nitrogens with zero attached hydrogens (tertiary/aromatic N) is 2. The molecule has 0 aliphatic carbocycles. The Hall–Kier alpha value is -7.66. The topological polar surface area (TPSA) is 19.6 Å². The van der Waals surface area contributed by atoms with E-state index < -0.39 is 0 Å². The molecule has 0 unspecified atom stereocenters. The lowest BCUT2D eigenvalue weighted by atomic mass is 10.0. The second-order valence-corrected chi connectivity index (χ2v) is 16.4. The molecule has 0 radical (unpaired) electrons. The fraction of sp³-hybridized carbons (Fsp3) is 0. The summed E-state index contributed by atoms with van der Waals surface area (Å²) in [5.74, 6) is 0. The standard InChI is InChI=1S/C56H36N2OS/c1-4-15-37(16-5-1)39-19-14-24-43(33-39)58(42-22-8-3-9-23-42)54-46-25-12-11-18-40(46)34-51-50-35-44(29-32-52(50)59-55(51)54)57(41-20-6-2-7-21-41)45-28-31-48-49-30-27-38-17-10-13-26-47(38)56(49)60-53(48)36-45/h1-36H. The highest BCUT2D eigenvalue weighted by Gasteiger charge is 2.24. The number of benzene rings is 10. The molecule has 0 amide bonds. The molecule has 0 saturated heterocycles. The Kier molecular flexibility index (Phi) is 8.03. The van der Waals surface area contributed by atoms with Crippen molar-refractivity contribution in [3.63, 3.8) is 0 Å². The van der Waals surface area contributed by atoms with E-state index in [2.05, 4.69) is 228 Å². The van der Waals surface area contributed by atoms with Crippen molar-refractivity contribution < 1.29 is 4.42 Å². The Morgan fingerprint density at radius 3 is 1.73 bits per heavy atom. The summed E-state index contributed by atoms with van der Waals surface area (Å²) in [5.41, 5.74) is 10.4. The molecule has 12 rings (SSSR count). The second-order valence-electron chi connectivity index (χ2n) is 15.3. The Labute approximate surface area is 351 Å². The van der Waals surface area contributed by atoms with Gasteiger partial charge in [0.1, 0.15) is 5.58 Å². The molecule has 3 nitrogen and oxygen atoms in total. The van der Waals surface area contributed by atoms with E-state index in [0.29, 0.717) is 0 Å². The van der Waals surface area contributed by atoms with Gasteiger partial charge in [0.2, 0.25) is 0 Å². The molecular formula is C56H36N2OS. The van der Waals surface area contributed by atoms with Gasteiger partial charge in [0.15, 0.2) is 5.58 Å². The lowest BCUT2D eigenvalue weighted by Gasteiger charge is -2.27. The SMILES string of the molecule is c1ccc(-c2cccc(N(c3ccccc3)c3c4ccccc4cc4c3oc3ccc(N(c5ccccc5)c5ccc6c(c5)sc5c7ccccc7ccc65)cc34)c2)cc1. The van der Waals surface area contributed by atoms with Crippen molar-refractivity contribution in [3.05, 3.63) is 218 Å². The molecule has 0 atom stereocenters. The zero-order valence-electron chi connectivity index (χ0n) is 32.5. The van der Waals surface area contributed by atoms with Crippen molar-refractivity contribution in [2.24, 2.45) is 0 Å². The van der Waals surface area contributed by atoms with Gasteiger partial charge in [-0.25, -0.2) is 0 Å². The Bertz CT molecular complexity index is 3560. The van der Waals surface area contributed by atoms with Gasteiger partial charge in [-0.1, -0.05) is 146 Å². The fourth-order valence-electron chi connectivity index (χ4n) is 9.00. The molecule has 0 bridgehead atoms. The highest BCUT2D eigenvalue weighted by atomic mass is 32.1. The van der Waals surface area contributed by atoms with E-state index in [0.717, 1.165) is 72.4 Å². The molecular weight excluding hydrogens is 749 g/mol. The molecule has 2 aromatic heterocycles. The van der Waals surface area contributed by atoms with E-state index >= 15 is 0 Å². The molecule has 4 heteroatoms. The van der Waals surface area contributed by atoms with Crippen LogP contribution < -0.4 is 9.80 Å². The largest absolute Gasteiger partial charge is 0.454 e. The number of fused-ring (bicyclic) bond motifs is 9. The van der Waals surface area contributed by atoms with Crippen LogP contribution in [0.3, 0.4) is 0 Å². The van der Waals surface area contributed by atoms with E-state index in [1.165, 1.54) is 36.5 Å². The molecule has 12 aromatic rings. The van der Waals surface area contributed by atoms with Crippen LogP contribution in [0, 0.1) is 0 Å². The molecule has 0 aliphatic rings. The summed E-state index contributed by atoms with van der Waals surface area (Å²) in [4.78, 5) is 4.73. The molecule has 2 heterocycles. The number of furan rings is 1. The molecule has 10 aromatic carbocycles. The highest BCUT2D eigenvalue weighted by molar-refractivity contribution is 7.26. The quantitative estimate of drug-likeness (QED) is 0.160. The predicted octanol–water partition coefficient (Wildman–Crippen LogP) is 16.9. The minimum atomic E-state index is 0.844. The third-order valence-electron chi connectivity index (χ3n) is 11.8. The van der Waals surface area contributed by atoms with Crippen LogP contribution >= 0.6 is 11.3 Å². The van der Waals surface area contributed by atoms with Gasteiger partial charge in [-0.2, -0.15) is 0 Å². The minimum Gasteiger partial charge on any atom is -0.454 e. The van der Waals surface area contributed by atoms with Gasteiger partial charge in [0.25, 0.3) is 0 Å². The maximum absolute atomic E-state index is 7.04. The molecule has 0 fully saturated rings. The van der Waals surface area contributed by atoms with Gasteiger partial charge in [-0.15, -0.1) is 11.3 Å². The number of rotatable bonds is 7. The molecule has 0 spiro atoms. The van der Waals surface area contributed by atoms with Crippen LogP contribution in [0.5, 0.6) is 0 Å². The molecule has 0 saturated carbocycles. The summed E-state index contributed by atoms with van der Waals surface area (Å²) >= 11 is 1.87. The van der Waals surface area contributed by atoms with E-state index in [4.69, 9.17) is 4.42 Å². The maximum atomic E-state index is 7.04. The minimum absolute atomic E-state index is 0.844. The Morgan fingerprint density at radius 1 is 0.333 bits per heavy atom. The predicted molar refractivity (Wildman–Crippen MR) is 256 cm³/mol. The van der Waals surface area contributed by atoms with Crippen LogP contribution in [0.2, 0.25) is 0 Å². The normalized spacial score (nSPS) is 11.7. The average Bonchev–Trinajstić information content (AvgIpc) is 3.88. The number of anilines is 6. The van der Waals surface area contributed by atoms with Gasteiger partial charge >= 0.3 is 0 Å². The maximum Gasteiger partial charge on any atom is 0.160 e. The molecule has 0 N–H and O–H groups in total. The Morgan fingerprint density at radius 2 is 0.933 bits per heavy atom. The first kappa shape index (κ1) is 34.4. The lowest BCUT2D eigenvalue weighted by molar-refractivity contribution is 0.669. The highest BCUT2D eigenvalue weighted by Crippen LogP contribution is 2.49. The van der Waals surface area contributed by atoms with Crippen molar-refractivity contribution in [1.29, 1.82) is 0 Å². The summed E-state index contributed by atoms with van der Waals surface area (Å²) in [6, 6.07) is 78.4. The average molecular weight is 785 g/mol. The summed E-state index contributed by atoms with van der Waals surface area (Å²) in [6.07, 6.45) is 0. The zero-order chi connectivity index (χ0) is 39.6. The van der Waals surface area contributed by atoms with Crippen LogP contribution in [0.25, 0.3) is 74.8 Å². The number of hydrogen-bond acceptors (Lipinski definition) is 4. The van der Waals surface area contributed by atoms with Gasteiger partial charge in [0, 0.05) is 64.8 Å². The summed E-state index contributed by atoms with van der Waals surface area (Å²) in [5, 5.41) is 9.56. The summed E-state index contributed by atoms with van der Waals surface area (Å²) < 4.78 is 9.64. The first-order valence-electron chi connectivity index (χ1n) is 20.3. The Balaban J connectivity index is 1.07. The van der Waals surface area contributed by atoms with E-state index in [-0.39, 0.29) is 0 Å². The zero-order valence-corrected chi connectivity index (χ0v) is 33.3. The number of para-hydroxylation sites is 2. The third kappa shape index (κ3) is 5.65. The first-order valence-corrected chi connectivity index (χ1v) is 21.1. The summed E-state index contributed by atoms with van der Waals surface area (Å²) in [6.45, 7) is 0. The van der Waals surface area contributed by atoms with Crippen molar-refractivity contribution in [2.75, 3.05) is 9.80 Å². The van der Waals surface area contributed by atoms with Crippen LogP contribution in [0.1, 0.15) is 0 Å². The van der Waals surface area contributed by atoms with E-state index in [1.807, 2.05) is 11.3 Å². The van der Waals surface area contributed by atoms with Crippen molar-refractivity contribution in [3.8, 4) is 11.1 Å². The lowest BCUT2D eigenvalue weighted by Crippen LogP contribution is -2.11. The van der Waals surface area contributed by atoms with E-state index in [1.54, 1.807) is 0 Å². The first-order chi connectivity index (χ1) is 29.7. The number of hydrogen-bond donors (Lipinski definition) is 0. The van der Waals surface area contributed by atoms with Crippen LogP contribution in [0.4, 0.5) is 34.1 Å². The van der Waals surface area contributed by atoms with E-state index in [9.17, 15) is 0 Å². The fourth-order valence-corrected chi connectivity index (χ4v) is 10.3. The van der Waals surface area contributed by atoms with Crippen molar-refractivity contribution in [2.45, 2.75) is 0 Å². The van der Waals surface area contributed by atoms with Crippen LogP contribution in [-0.4, -0.2) is 0 Å². The molecule has 60 heavy (non-hydrogen) atoms. The third-order valence-corrected chi connectivity index (χ3v) is 13.0. The monoisotopic (exact) mass is 784 g/mol. The van der Waals surface area contributed by atoms with Gasteiger partial charge in [0.05, 0.1) is 5.69 Å². The van der Waals surface area contributed by atoms with Crippen LogP contribution in [-0.2, 0) is 0 Å². The van der Waals surface area contributed by atoms with Crippen molar-refractivity contribution in [1.82, 2.24) is 0 Å². The number of thiophene rings is 1. The summed E-state index contributed by atoms with van der Waals surface area (Å²) in [7, 11) is 0. The molecule has 282 valence electrons. The second kappa shape index (κ2) is 14.0.